The van der Waals surface area contributed by atoms with Gasteiger partial charge in [0.25, 0.3) is 0 Å². The summed E-state index contributed by atoms with van der Waals surface area (Å²) in [6.45, 7) is 6.41. The van der Waals surface area contributed by atoms with Crippen LogP contribution in [0.15, 0.2) is 6.20 Å². The van der Waals surface area contributed by atoms with Crippen molar-refractivity contribution >= 4 is 11.3 Å². The monoisotopic (exact) mass is 241 g/mol. The Morgan fingerprint density at radius 1 is 1.44 bits per heavy atom. The number of aliphatic hydroxyl groups is 1. The van der Waals surface area contributed by atoms with Crippen LogP contribution in [0.5, 0.6) is 0 Å². The molecule has 2 nitrogen and oxygen atoms in total. The SMILES string of the molecule is CCCCC(CC)CC(O)c1cnc(C)s1. The number of nitrogens with zero attached hydrogens (tertiary/aromatic N) is 1. The van der Waals surface area contributed by atoms with E-state index in [-0.39, 0.29) is 6.10 Å². The number of hydrogen-bond acceptors (Lipinski definition) is 3. The summed E-state index contributed by atoms with van der Waals surface area (Å²) in [7, 11) is 0. The highest BCUT2D eigenvalue weighted by Gasteiger charge is 2.16. The van der Waals surface area contributed by atoms with Gasteiger partial charge in [-0.1, -0.05) is 39.5 Å². The van der Waals surface area contributed by atoms with E-state index in [4.69, 9.17) is 0 Å². The predicted molar refractivity (Wildman–Crippen MR) is 69.7 cm³/mol. The molecule has 16 heavy (non-hydrogen) atoms. The highest BCUT2D eigenvalue weighted by molar-refractivity contribution is 7.11. The summed E-state index contributed by atoms with van der Waals surface area (Å²) in [5, 5.41) is 11.1. The maximum Gasteiger partial charge on any atom is 0.0900 e. The molecular weight excluding hydrogens is 218 g/mol. The second kappa shape index (κ2) is 7.02. The molecule has 0 saturated carbocycles. The van der Waals surface area contributed by atoms with E-state index in [0.717, 1.165) is 22.7 Å². The topological polar surface area (TPSA) is 33.1 Å². The number of rotatable bonds is 7. The molecule has 3 heteroatoms. The summed E-state index contributed by atoms with van der Waals surface area (Å²) in [6.07, 6.45) is 7.30. The maximum absolute atomic E-state index is 10.1. The van der Waals surface area contributed by atoms with Gasteiger partial charge in [-0.2, -0.15) is 0 Å². The lowest BCUT2D eigenvalue weighted by atomic mass is 9.93. The Bertz CT molecular complexity index is 298. The first kappa shape index (κ1) is 13.7. The highest BCUT2D eigenvalue weighted by Crippen LogP contribution is 2.29. The van der Waals surface area contributed by atoms with Crippen LogP contribution in [0.3, 0.4) is 0 Å². The van der Waals surface area contributed by atoms with Crippen molar-refractivity contribution in [2.24, 2.45) is 5.92 Å². The van der Waals surface area contributed by atoms with Gasteiger partial charge in [0.2, 0.25) is 0 Å². The predicted octanol–water partition coefficient (Wildman–Crippen LogP) is 4.09. The third-order valence-corrected chi connectivity index (χ3v) is 4.08. The van der Waals surface area contributed by atoms with Crippen LogP contribution < -0.4 is 0 Å². The van der Waals surface area contributed by atoms with E-state index >= 15 is 0 Å². The molecule has 1 heterocycles. The molecule has 0 radical (unpaired) electrons. The van der Waals surface area contributed by atoms with Crippen molar-refractivity contribution in [1.29, 1.82) is 0 Å². The summed E-state index contributed by atoms with van der Waals surface area (Å²) in [5.74, 6) is 0.650. The van der Waals surface area contributed by atoms with Gasteiger partial charge in [0, 0.05) is 6.20 Å². The minimum atomic E-state index is -0.312. The Labute approximate surface area is 103 Å². The highest BCUT2D eigenvalue weighted by atomic mass is 32.1. The normalized spacial score (nSPS) is 15.0. The van der Waals surface area contributed by atoms with Crippen LogP contribution in [-0.2, 0) is 0 Å². The summed E-state index contributed by atoms with van der Waals surface area (Å²) in [4.78, 5) is 5.21. The average Bonchev–Trinajstić information content (AvgIpc) is 2.70. The number of thiazole rings is 1. The quantitative estimate of drug-likeness (QED) is 0.780. The third kappa shape index (κ3) is 4.22. The van der Waals surface area contributed by atoms with Crippen LogP contribution in [-0.4, -0.2) is 10.1 Å². The maximum atomic E-state index is 10.1. The third-order valence-electron chi connectivity index (χ3n) is 3.07. The van der Waals surface area contributed by atoms with Gasteiger partial charge in [-0.05, 0) is 19.3 Å². The minimum absolute atomic E-state index is 0.312. The van der Waals surface area contributed by atoms with Gasteiger partial charge >= 0.3 is 0 Å². The molecule has 1 aromatic heterocycles. The van der Waals surface area contributed by atoms with Gasteiger partial charge in [0.15, 0.2) is 0 Å². The van der Waals surface area contributed by atoms with Crippen molar-refractivity contribution in [2.75, 3.05) is 0 Å². The number of aliphatic hydroxyl groups excluding tert-OH is 1. The first-order chi connectivity index (χ1) is 7.67. The number of aromatic nitrogens is 1. The van der Waals surface area contributed by atoms with Gasteiger partial charge in [-0.25, -0.2) is 4.98 Å². The van der Waals surface area contributed by atoms with E-state index in [1.165, 1.54) is 19.3 Å². The molecule has 0 aliphatic rings. The lowest BCUT2D eigenvalue weighted by molar-refractivity contribution is 0.142. The first-order valence-corrected chi connectivity index (χ1v) is 7.09. The molecule has 0 aliphatic carbocycles. The molecule has 0 aliphatic heterocycles. The van der Waals surface area contributed by atoms with Gasteiger partial charge in [0.1, 0.15) is 0 Å². The molecule has 0 amide bonds. The molecule has 2 unspecified atom stereocenters. The lowest BCUT2D eigenvalue weighted by Crippen LogP contribution is -2.05. The molecule has 1 aromatic rings. The minimum Gasteiger partial charge on any atom is -0.388 e. The van der Waals surface area contributed by atoms with Gasteiger partial charge < -0.3 is 5.11 Å². The largest absolute Gasteiger partial charge is 0.388 e. The summed E-state index contributed by atoms with van der Waals surface area (Å²) < 4.78 is 0. The van der Waals surface area contributed by atoms with Crippen molar-refractivity contribution in [1.82, 2.24) is 4.98 Å². The van der Waals surface area contributed by atoms with Crippen LogP contribution in [0.2, 0.25) is 0 Å². The second-order valence-corrected chi connectivity index (χ2v) is 5.72. The van der Waals surface area contributed by atoms with Crippen molar-refractivity contribution < 1.29 is 5.11 Å². The van der Waals surface area contributed by atoms with E-state index in [0.29, 0.717) is 5.92 Å². The van der Waals surface area contributed by atoms with Crippen molar-refractivity contribution in [3.8, 4) is 0 Å². The molecule has 92 valence electrons. The summed E-state index contributed by atoms with van der Waals surface area (Å²) in [5.41, 5.74) is 0. The van der Waals surface area contributed by atoms with E-state index in [1.54, 1.807) is 11.3 Å². The second-order valence-electron chi connectivity index (χ2n) is 4.45. The fraction of sp³-hybridized carbons (Fsp3) is 0.769. The van der Waals surface area contributed by atoms with Gasteiger partial charge in [0.05, 0.1) is 16.0 Å². The molecule has 1 N–H and O–H groups in total. The van der Waals surface area contributed by atoms with Crippen LogP contribution in [0.25, 0.3) is 0 Å². The number of hydrogen-bond donors (Lipinski definition) is 1. The van der Waals surface area contributed by atoms with E-state index in [2.05, 4.69) is 18.8 Å². The molecule has 0 fully saturated rings. The van der Waals surface area contributed by atoms with E-state index < -0.39 is 0 Å². The Balaban J connectivity index is 2.45. The Hall–Kier alpha value is -0.410. The summed E-state index contributed by atoms with van der Waals surface area (Å²) >= 11 is 1.61. The van der Waals surface area contributed by atoms with Crippen molar-refractivity contribution in [3.63, 3.8) is 0 Å². The fourth-order valence-electron chi connectivity index (χ4n) is 1.95. The molecule has 0 bridgehead atoms. The van der Waals surface area contributed by atoms with Crippen LogP contribution in [0, 0.1) is 12.8 Å². The van der Waals surface area contributed by atoms with Crippen LogP contribution >= 0.6 is 11.3 Å². The van der Waals surface area contributed by atoms with Gasteiger partial charge in [-0.3, -0.25) is 0 Å². The number of unbranched alkanes of at least 4 members (excludes halogenated alkanes) is 1. The average molecular weight is 241 g/mol. The van der Waals surface area contributed by atoms with Crippen LogP contribution in [0.1, 0.15) is 61.9 Å². The van der Waals surface area contributed by atoms with Gasteiger partial charge in [-0.15, -0.1) is 11.3 Å². The fourth-order valence-corrected chi connectivity index (χ4v) is 2.73. The zero-order valence-electron chi connectivity index (χ0n) is 10.6. The van der Waals surface area contributed by atoms with Crippen molar-refractivity contribution in [2.45, 2.75) is 59.0 Å². The smallest absolute Gasteiger partial charge is 0.0900 e. The zero-order valence-corrected chi connectivity index (χ0v) is 11.4. The first-order valence-electron chi connectivity index (χ1n) is 6.27. The summed E-state index contributed by atoms with van der Waals surface area (Å²) in [6, 6.07) is 0. The zero-order chi connectivity index (χ0) is 12.0. The Morgan fingerprint density at radius 3 is 2.69 bits per heavy atom. The molecule has 1 rings (SSSR count). The number of aryl methyl sites for hydroxylation is 1. The van der Waals surface area contributed by atoms with E-state index in [1.807, 2.05) is 13.1 Å². The van der Waals surface area contributed by atoms with E-state index in [9.17, 15) is 5.11 Å². The van der Waals surface area contributed by atoms with Crippen LogP contribution in [0.4, 0.5) is 0 Å². The molecule has 0 spiro atoms. The molecule has 2 atom stereocenters. The molecular formula is C13H23NOS. The molecule has 0 saturated heterocycles. The Kier molecular flexibility index (Phi) is 5.99. The molecule has 0 aromatic carbocycles. The Morgan fingerprint density at radius 2 is 2.19 bits per heavy atom. The lowest BCUT2D eigenvalue weighted by Gasteiger charge is -2.17. The standard InChI is InChI=1S/C13H23NOS/c1-4-6-7-11(5-2)8-12(15)13-9-14-10(3)16-13/h9,11-12,15H,4-8H2,1-3H3. The van der Waals surface area contributed by atoms with Crippen molar-refractivity contribution in [3.05, 3.63) is 16.1 Å².